The third-order valence-corrected chi connectivity index (χ3v) is 5.00. The second-order valence-corrected chi connectivity index (χ2v) is 6.81. The van der Waals surface area contributed by atoms with Gasteiger partial charge in [0, 0.05) is 11.1 Å². The fraction of sp³-hybridized carbons (Fsp3) is 0.150. The number of H-pyrrole nitrogens is 1. The topological polar surface area (TPSA) is 111 Å². The van der Waals surface area contributed by atoms with Crippen molar-refractivity contribution in [2.24, 2.45) is 0 Å². The number of anilines is 2. The Kier molecular flexibility index (Phi) is 3.87. The van der Waals surface area contributed by atoms with Crippen LogP contribution < -0.4 is 15.6 Å². The number of hydrogen-bond donors (Lipinski definition) is 2. The van der Waals surface area contributed by atoms with Gasteiger partial charge in [0.2, 0.25) is 5.95 Å². The lowest BCUT2D eigenvalue weighted by molar-refractivity contribution is 0.413. The van der Waals surface area contributed by atoms with Crippen molar-refractivity contribution in [2.45, 2.75) is 13.0 Å². The highest BCUT2D eigenvalue weighted by molar-refractivity contribution is 5.75. The fourth-order valence-electron chi connectivity index (χ4n) is 3.59. The summed E-state index contributed by atoms with van der Waals surface area (Å²) < 4.78 is 7.04. The summed E-state index contributed by atoms with van der Waals surface area (Å²) in [5.41, 5.74) is 4.29. The van der Waals surface area contributed by atoms with E-state index in [1.165, 1.54) is 0 Å². The number of nitrogens with zero attached hydrogens (tertiary/aromatic N) is 5. The summed E-state index contributed by atoms with van der Waals surface area (Å²) in [6.45, 7) is 2.02. The zero-order chi connectivity index (χ0) is 20.0. The first-order chi connectivity index (χ1) is 14.2. The molecule has 0 fully saturated rings. The van der Waals surface area contributed by atoms with Crippen molar-refractivity contribution >= 4 is 11.6 Å². The molecule has 0 saturated carbocycles. The molecule has 0 spiro atoms. The Bertz CT molecular complexity index is 1260. The fourth-order valence-corrected chi connectivity index (χ4v) is 3.59. The van der Waals surface area contributed by atoms with Crippen LogP contribution in [0.2, 0.25) is 0 Å². The van der Waals surface area contributed by atoms with E-state index >= 15 is 0 Å². The quantitative estimate of drug-likeness (QED) is 0.489. The number of benzene rings is 2. The Morgan fingerprint density at radius 3 is 2.76 bits per heavy atom. The predicted molar refractivity (Wildman–Crippen MR) is 106 cm³/mol. The summed E-state index contributed by atoms with van der Waals surface area (Å²) in [5.74, 6) is 1.09. The predicted octanol–water partition coefficient (Wildman–Crippen LogP) is 2.44. The first kappa shape index (κ1) is 17.1. The van der Waals surface area contributed by atoms with Crippen molar-refractivity contribution in [3.63, 3.8) is 0 Å². The van der Waals surface area contributed by atoms with E-state index in [9.17, 15) is 4.79 Å². The zero-order valence-electron chi connectivity index (χ0n) is 15.7. The van der Waals surface area contributed by atoms with E-state index < -0.39 is 6.04 Å². The van der Waals surface area contributed by atoms with Crippen LogP contribution in [0.25, 0.3) is 11.3 Å². The van der Waals surface area contributed by atoms with E-state index in [0.29, 0.717) is 28.6 Å². The van der Waals surface area contributed by atoms with Gasteiger partial charge < -0.3 is 10.1 Å². The van der Waals surface area contributed by atoms with E-state index in [4.69, 9.17) is 4.74 Å². The molecular weight excluding hydrogens is 370 g/mol. The van der Waals surface area contributed by atoms with Crippen LogP contribution in [-0.4, -0.2) is 37.5 Å². The van der Waals surface area contributed by atoms with Gasteiger partial charge >= 0.3 is 0 Å². The molecule has 1 atom stereocenters. The van der Waals surface area contributed by atoms with Crippen LogP contribution in [0.3, 0.4) is 0 Å². The SMILES string of the molecule is COc1cccc(C2c3c(-c4ccc(C)cc4)n[nH]c(=O)c3Nc3nnnn32)c1. The highest BCUT2D eigenvalue weighted by Crippen LogP contribution is 2.41. The number of tetrazole rings is 1. The van der Waals surface area contributed by atoms with Gasteiger partial charge in [-0.1, -0.05) is 47.1 Å². The van der Waals surface area contributed by atoms with Gasteiger partial charge in [0.1, 0.15) is 17.5 Å². The molecule has 0 amide bonds. The highest BCUT2D eigenvalue weighted by atomic mass is 16.5. The van der Waals surface area contributed by atoms with Gasteiger partial charge in [0.05, 0.1) is 12.8 Å². The van der Waals surface area contributed by atoms with Gasteiger partial charge in [-0.15, -0.1) is 0 Å². The Labute approximate surface area is 165 Å². The average molecular weight is 387 g/mol. The van der Waals surface area contributed by atoms with Crippen LogP contribution >= 0.6 is 0 Å². The number of aromatic amines is 1. The van der Waals surface area contributed by atoms with Gasteiger partial charge in [-0.2, -0.15) is 9.78 Å². The number of fused-ring (bicyclic) bond motifs is 2. The lowest BCUT2D eigenvalue weighted by atomic mass is 9.92. The molecule has 2 aromatic carbocycles. The van der Waals surface area contributed by atoms with Crippen LogP contribution in [0.15, 0.2) is 53.3 Å². The molecule has 2 aromatic heterocycles. The Morgan fingerprint density at radius 2 is 1.97 bits per heavy atom. The average Bonchev–Trinajstić information content (AvgIpc) is 3.22. The highest BCUT2D eigenvalue weighted by Gasteiger charge is 2.34. The second-order valence-electron chi connectivity index (χ2n) is 6.81. The molecule has 5 rings (SSSR count). The third-order valence-electron chi connectivity index (χ3n) is 5.00. The van der Waals surface area contributed by atoms with Crippen molar-refractivity contribution in [2.75, 3.05) is 12.4 Å². The normalized spacial score (nSPS) is 14.6. The number of rotatable bonds is 3. The van der Waals surface area contributed by atoms with Crippen LogP contribution in [0.1, 0.15) is 22.7 Å². The number of aryl methyl sites for hydroxylation is 1. The summed E-state index contributed by atoms with van der Waals surface area (Å²) in [7, 11) is 1.61. The first-order valence-corrected chi connectivity index (χ1v) is 9.04. The van der Waals surface area contributed by atoms with E-state index in [0.717, 1.165) is 16.7 Å². The van der Waals surface area contributed by atoms with Crippen molar-refractivity contribution in [3.05, 3.63) is 75.6 Å². The maximum absolute atomic E-state index is 12.7. The molecule has 2 N–H and O–H groups in total. The van der Waals surface area contributed by atoms with Gasteiger partial charge in [0.15, 0.2) is 0 Å². The molecule has 29 heavy (non-hydrogen) atoms. The van der Waals surface area contributed by atoms with Crippen LogP contribution in [0.5, 0.6) is 5.75 Å². The lowest BCUT2D eigenvalue weighted by Gasteiger charge is -2.28. The minimum atomic E-state index is -0.447. The molecule has 3 heterocycles. The minimum Gasteiger partial charge on any atom is -0.497 e. The molecule has 9 heteroatoms. The second kappa shape index (κ2) is 6.55. The zero-order valence-corrected chi connectivity index (χ0v) is 15.7. The van der Waals surface area contributed by atoms with Crippen LogP contribution in [0.4, 0.5) is 11.6 Å². The van der Waals surface area contributed by atoms with Crippen LogP contribution in [-0.2, 0) is 0 Å². The van der Waals surface area contributed by atoms with Crippen molar-refractivity contribution in [1.82, 2.24) is 30.4 Å². The van der Waals surface area contributed by atoms with Gasteiger partial charge in [0.25, 0.3) is 5.56 Å². The number of nitrogens with one attached hydrogen (secondary N) is 2. The van der Waals surface area contributed by atoms with Crippen molar-refractivity contribution in [1.29, 1.82) is 0 Å². The first-order valence-electron chi connectivity index (χ1n) is 9.04. The smallest absolute Gasteiger partial charge is 0.288 e. The Hall–Kier alpha value is -4.01. The van der Waals surface area contributed by atoms with Gasteiger partial charge in [-0.25, -0.2) is 5.10 Å². The van der Waals surface area contributed by atoms with E-state index in [1.807, 2.05) is 55.5 Å². The molecule has 4 aromatic rings. The number of aromatic nitrogens is 6. The van der Waals surface area contributed by atoms with E-state index in [2.05, 4.69) is 31.0 Å². The molecule has 1 aliphatic heterocycles. The number of ether oxygens (including phenoxy) is 1. The monoisotopic (exact) mass is 387 g/mol. The third kappa shape index (κ3) is 2.75. The van der Waals surface area contributed by atoms with Gasteiger partial charge in [-0.05, 0) is 35.0 Å². The Morgan fingerprint density at radius 1 is 1.14 bits per heavy atom. The lowest BCUT2D eigenvalue weighted by Crippen LogP contribution is -2.29. The molecular formula is C20H17N7O2. The standard InChI is InChI=1S/C20H17N7O2/c1-11-6-8-12(9-7-11)16-15-17(19(28)23-22-16)21-20-24-25-26-27(20)18(15)13-4-3-5-14(10-13)29-2/h3-10,18H,1-2H3,(H,23,28)(H,21,24,26). The molecule has 144 valence electrons. The van der Waals surface area contributed by atoms with Crippen LogP contribution in [0, 0.1) is 6.92 Å². The number of hydrogen-bond acceptors (Lipinski definition) is 7. The maximum atomic E-state index is 12.7. The molecule has 1 aliphatic rings. The molecule has 0 aliphatic carbocycles. The largest absolute Gasteiger partial charge is 0.497 e. The van der Waals surface area contributed by atoms with E-state index in [1.54, 1.807) is 11.8 Å². The molecule has 0 radical (unpaired) electrons. The molecule has 0 bridgehead atoms. The molecule has 9 nitrogen and oxygen atoms in total. The maximum Gasteiger partial charge on any atom is 0.288 e. The summed E-state index contributed by atoms with van der Waals surface area (Å²) >= 11 is 0. The van der Waals surface area contributed by atoms with E-state index in [-0.39, 0.29) is 5.56 Å². The summed E-state index contributed by atoms with van der Waals surface area (Å²) in [6, 6.07) is 15.1. The van der Waals surface area contributed by atoms with Crippen molar-refractivity contribution in [3.8, 4) is 17.0 Å². The Balaban J connectivity index is 1.81. The molecule has 1 unspecified atom stereocenters. The molecule has 0 saturated heterocycles. The van der Waals surface area contributed by atoms with Crippen molar-refractivity contribution < 1.29 is 4.74 Å². The summed E-state index contributed by atoms with van der Waals surface area (Å²) in [5, 5.41) is 22.0. The summed E-state index contributed by atoms with van der Waals surface area (Å²) in [4.78, 5) is 12.7. The summed E-state index contributed by atoms with van der Waals surface area (Å²) in [6.07, 6.45) is 0. The minimum absolute atomic E-state index is 0.335. The van der Waals surface area contributed by atoms with Gasteiger partial charge in [-0.3, -0.25) is 4.79 Å². The number of methoxy groups -OCH3 is 1.